The molecule has 1 N–H and O–H groups in total. The van der Waals surface area contributed by atoms with Crippen molar-refractivity contribution in [2.45, 2.75) is 26.7 Å². The van der Waals surface area contributed by atoms with Crippen molar-refractivity contribution in [1.82, 2.24) is 4.98 Å². The van der Waals surface area contributed by atoms with Crippen molar-refractivity contribution in [2.75, 3.05) is 11.9 Å². The van der Waals surface area contributed by atoms with Gasteiger partial charge in [-0.3, -0.25) is 4.79 Å². The van der Waals surface area contributed by atoms with Crippen molar-refractivity contribution in [3.05, 3.63) is 95.3 Å². The summed E-state index contributed by atoms with van der Waals surface area (Å²) in [5, 5.41) is 3.64. The Labute approximate surface area is 197 Å². The molecule has 34 heavy (non-hydrogen) atoms. The van der Waals surface area contributed by atoms with E-state index in [9.17, 15) is 14.0 Å². The second-order valence-corrected chi connectivity index (χ2v) is 7.93. The van der Waals surface area contributed by atoms with E-state index in [1.807, 2.05) is 32.0 Å². The molecule has 0 aliphatic carbocycles. The molecular weight excluding hydrogens is 431 g/mol. The number of rotatable bonds is 7. The molecule has 0 bridgehead atoms. The molecule has 0 saturated heterocycles. The van der Waals surface area contributed by atoms with Gasteiger partial charge in [-0.2, -0.15) is 0 Å². The fraction of sp³-hybridized carbons (Fsp3) is 0.179. The Hall–Kier alpha value is -4.06. The molecule has 3 aromatic carbocycles. The summed E-state index contributed by atoms with van der Waals surface area (Å²) in [4.78, 5) is 30.1. The molecule has 6 heteroatoms. The molecule has 172 valence electrons. The Balaban J connectivity index is 1.68. The average molecular weight is 457 g/mol. The third kappa shape index (κ3) is 5.12. The molecule has 0 atom stereocenters. The highest BCUT2D eigenvalue weighted by Gasteiger charge is 2.16. The van der Waals surface area contributed by atoms with E-state index in [4.69, 9.17) is 9.72 Å². The number of fused-ring (bicyclic) bond motifs is 1. The smallest absolute Gasteiger partial charge is 0.338 e. The molecule has 1 aromatic heterocycles. The summed E-state index contributed by atoms with van der Waals surface area (Å²) in [5.74, 6) is -1.03. The van der Waals surface area contributed by atoms with Gasteiger partial charge in [0.2, 0.25) is 0 Å². The number of nitrogens with one attached hydrogen (secondary N) is 1. The first-order valence-electron chi connectivity index (χ1n) is 11.3. The van der Waals surface area contributed by atoms with E-state index < -0.39 is 5.97 Å². The van der Waals surface area contributed by atoms with E-state index in [1.165, 1.54) is 12.1 Å². The van der Waals surface area contributed by atoms with Crippen molar-refractivity contribution in [1.29, 1.82) is 0 Å². The Bertz CT molecular complexity index is 1330. The molecule has 0 spiro atoms. The molecule has 5 nitrogen and oxygen atoms in total. The summed E-state index contributed by atoms with van der Waals surface area (Å²) in [6.45, 7) is 4.34. The van der Waals surface area contributed by atoms with Gasteiger partial charge in [0.25, 0.3) is 5.91 Å². The van der Waals surface area contributed by atoms with Crippen LogP contribution in [-0.2, 0) is 11.2 Å². The van der Waals surface area contributed by atoms with Gasteiger partial charge in [0.15, 0.2) is 0 Å². The summed E-state index contributed by atoms with van der Waals surface area (Å²) in [7, 11) is 0. The number of pyridine rings is 1. The number of anilines is 1. The second kappa shape index (κ2) is 10.3. The maximum Gasteiger partial charge on any atom is 0.338 e. The van der Waals surface area contributed by atoms with Gasteiger partial charge in [0.05, 0.1) is 28.9 Å². The van der Waals surface area contributed by atoms with Gasteiger partial charge in [-0.15, -0.1) is 0 Å². The van der Waals surface area contributed by atoms with Gasteiger partial charge in [0.1, 0.15) is 5.82 Å². The van der Waals surface area contributed by atoms with Crippen LogP contribution in [0.15, 0.2) is 72.8 Å². The minimum Gasteiger partial charge on any atom is -0.462 e. The van der Waals surface area contributed by atoms with Gasteiger partial charge < -0.3 is 10.1 Å². The monoisotopic (exact) mass is 456 g/mol. The number of hydrogen-bond acceptors (Lipinski definition) is 4. The van der Waals surface area contributed by atoms with E-state index >= 15 is 0 Å². The molecule has 0 radical (unpaired) electrons. The maximum atomic E-state index is 13.4. The third-order valence-electron chi connectivity index (χ3n) is 5.48. The molecule has 1 heterocycles. The quantitative estimate of drug-likeness (QED) is 0.326. The van der Waals surface area contributed by atoms with Crippen molar-refractivity contribution < 1.29 is 18.7 Å². The number of hydrogen-bond donors (Lipinski definition) is 1. The van der Waals surface area contributed by atoms with E-state index in [1.54, 1.807) is 42.5 Å². The van der Waals surface area contributed by atoms with Gasteiger partial charge >= 0.3 is 5.97 Å². The maximum absolute atomic E-state index is 13.4. The zero-order chi connectivity index (χ0) is 24.1. The summed E-state index contributed by atoms with van der Waals surface area (Å²) in [6.07, 6.45) is 1.58. The fourth-order valence-corrected chi connectivity index (χ4v) is 3.62. The van der Waals surface area contributed by atoms with E-state index in [2.05, 4.69) is 5.32 Å². The average Bonchev–Trinajstić information content (AvgIpc) is 2.87. The number of ether oxygens (including phenoxy) is 1. The van der Waals surface area contributed by atoms with Crippen LogP contribution in [0.5, 0.6) is 0 Å². The molecule has 4 aromatic rings. The van der Waals surface area contributed by atoms with Crippen LogP contribution in [-0.4, -0.2) is 23.5 Å². The Morgan fingerprint density at radius 3 is 2.35 bits per heavy atom. The number of halogens is 1. The molecule has 0 fully saturated rings. The van der Waals surface area contributed by atoms with Crippen molar-refractivity contribution in [3.63, 3.8) is 0 Å². The normalized spacial score (nSPS) is 10.8. The summed E-state index contributed by atoms with van der Waals surface area (Å²) in [5.41, 5.74) is 4.50. The van der Waals surface area contributed by atoms with Crippen LogP contribution in [0.4, 0.5) is 10.1 Å². The predicted molar refractivity (Wildman–Crippen MR) is 131 cm³/mol. The SMILES string of the molecule is CCCOC(=O)c1ccc(NC(=O)c2cc(-c3ccc(F)cc3)nc3ccc(CC)cc23)cc1. The number of benzene rings is 3. The minimum absolute atomic E-state index is 0.301. The highest BCUT2D eigenvalue weighted by molar-refractivity contribution is 6.13. The van der Waals surface area contributed by atoms with Gasteiger partial charge in [0, 0.05) is 16.6 Å². The lowest BCUT2D eigenvalue weighted by atomic mass is 10.0. The zero-order valence-corrected chi connectivity index (χ0v) is 19.1. The summed E-state index contributed by atoms with van der Waals surface area (Å²) in [6, 6.07) is 20.2. The van der Waals surface area contributed by atoms with Gasteiger partial charge in [-0.05, 0) is 85.1 Å². The van der Waals surface area contributed by atoms with Crippen LogP contribution in [0.1, 0.15) is 46.5 Å². The van der Waals surface area contributed by atoms with Crippen molar-refractivity contribution >= 4 is 28.5 Å². The number of nitrogens with zero attached hydrogens (tertiary/aromatic N) is 1. The third-order valence-corrected chi connectivity index (χ3v) is 5.48. The van der Waals surface area contributed by atoms with Crippen LogP contribution in [0.2, 0.25) is 0 Å². The first-order chi connectivity index (χ1) is 16.5. The van der Waals surface area contributed by atoms with Crippen LogP contribution in [0.3, 0.4) is 0 Å². The highest BCUT2D eigenvalue weighted by Crippen LogP contribution is 2.27. The number of esters is 1. The van der Waals surface area contributed by atoms with Crippen LogP contribution in [0, 0.1) is 5.82 Å². The van der Waals surface area contributed by atoms with Crippen LogP contribution < -0.4 is 5.32 Å². The Morgan fingerprint density at radius 2 is 1.68 bits per heavy atom. The number of amides is 1. The first kappa shape index (κ1) is 23.1. The lowest BCUT2D eigenvalue weighted by Crippen LogP contribution is -2.13. The molecule has 4 rings (SSSR count). The highest BCUT2D eigenvalue weighted by atomic mass is 19.1. The number of carbonyl (C=O) groups excluding carboxylic acids is 2. The second-order valence-electron chi connectivity index (χ2n) is 7.93. The number of aromatic nitrogens is 1. The molecule has 0 saturated carbocycles. The standard InChI is InChI=1S/C28H25FN2O3/c1-3-15-34-28(33)20-8-12-22(13-9-20)30-27(32)24-17-26(19-6-10-21(29)11-7-19)31-25-14-5-18(4-2)16-23(24)25/h5-14,16-17H,3-4,15H2,1-2H3,(H,30,32). The van der Waals surface area contributed by atoms with E-state index in [0.717, 1.165) is 23.8 Å². The van der Waals surface area contributed by atoms with Crippen molar-refractivity contribution in [2.24, 2.45) is 0 Å². The van der Waals surface area contributed by atoms with Gasteiger partial charge in [-0.25, -0.2) is 14.2 Å². The molecular formula is C28H25FN2O3. The first-order valence-corrected chi connectivity index (χ1v) is 11.3. The predicted octanol–water partition coefficient (Wildman–Crippen LogP) is 6.42. The van der Waals surface area contributed by atoms with Crippen LogP contribution >= 0.6 is 0 Å². The van der Waals surface area contributed by atoms with Crippen molar-refractivity contribution in [3.8, 4) is 11.3 Å². The lowest BCUT2D eigenvalue weighted by Gasteiger charge is -2.12. The molecule has 0 aliphatic rings. The molecule has 1 amide bonds. The Morgan fingerprint density at radius 1 is 0.941 bits per heavy atom. The fourth-order valence-electron chi connectivity index (χ4n) is 3.62. The zero-order valence-electron chi connectivity index (χ0n) is 19.1. The van der Waals surface area contributed by atoms with Gasteiger partial charge in [-0.1, -0.05) is 19.9 Å². The molecule has 0 unspecified atom stereocenters. The van der Waals surface area contributed by atoms with E-state index in [0.29, 0.717) is 40.2 Å². The van der Waals surface area contributed by atoms with E-state index in [-0.39, 0.29) is 11.7 Å². The Kier molecular flexibility index (Phi) is 6.97. The summed E-state index contributed by atoms with van der Waals surface area (Å²) >= 11 is 0. The molecule has 0 aliphatic heterocycles. The van der Waals surface area contributed by atoms with Crippen LogP contribution in [0.25, 0.3) is 22.2 Å². The summed E-state index contributed by atoms with van der Waals surface area (Å²) < 4.78 is 18.6. The lowest BCUT2D eigenvalue weighted by molar-refractivity contribution is 0.0505. The minimum atomic E-state index is -0.393. The number of carbonyl (C=O) groups is 2. The topological polar surface area (TPSA) is 68.3 Å². The number of aryl methyl sites for hydroxylation is 1. The largest absolute Gasteiger partial charge is 0.462 e.